The molecule has 3 aromatic rings. The highest BCUT2D eigenvalue weighted by atomic mass is 16.5. The molecule has 0 saturated heterocycles. The number of hydrogen-bond donors (Lipinski definition) is 1. The molecule has 1 atom stereocenters. The first-order valence-corrected chi connectivity index (χ1v) is 8.00. The smallest absolute Gasteiger partial charge is 0.328 e. The number of methoxy groups -OCH3 is 1. The maximum atomic E-state index is 12.2. The molecule has 7 nitrogen and oxygen atoms in total. The largest absolute Gasteiger partial charge is 0.467 e. The highest BCUT2D eigenvalue weighted by Gasteiger charge is 2.33. The molecule has 0 unspecified atom stereocenters. The molecule has 2 aromatic heterocycles. The van der Waals surface area contributed by atoms with E-state index in [1.165, 1.54) is 13.4 Å². The molecule has 0 aliphatic carbocycles. The van der Waals surface area contributed by atoms with Gasteiger partial charge in [-0.05, 0) is 5.41 Å². The Morgan fingerprint density at radius 1 is 1.24 bits per heavy atom. The average molecular weight is 339 g/mol. The van der Waals surface area contributed by atoms with Crippen molar-refractivity contribution in [3.8, 4) is 11.3 Å². The first-order chi connectivity index (χ1) is 11.9. The van der Waals surface area contributed by atoms with Crippen LogP contribution in [-0.2, 0) is 9.53 Å². The van der Waals surface area contributed by atoms with Crippen molar-refractivity contribution in [2.24, 2.45) is 5.41 Å². The normalized spacial score (nSPS) is 12.8. The number of rotatable bonds is 4. The number of aromatic nitrogens is 4. The van der Waals surface area contributed by atoms with Gasteiger partial charge >= 0.3 is 5.97 Å². The fraction of sp³-hybridized carbons (Fsp3) is 0.333. The maximum Gasteiger partial charge on any atom is 0.328 e. The molecule has 0 saturated carbocycles. The predicted octanol–water partition coefficient (Wildman–Crippen LogP) is 2.79. The summed E-state index contributed by atoms with van der Waals surface area (Å²) in [4.78, 5) is 21.0. The van der Waals surface area contributed by atoms with Crippen LogP contribution in [0.4, 0.5) is 5.82 Å². The number of nitrogens with one attached hydrogen (secondary N) is 1. The van der Waals surface area contributed by atoms with Crippen LogP contribution in [0.2, 0.25) is 0 Å². The van der Waals surface area contributed by atoms with Crippen molar-refractivity contribution in [3.63, 3.8) is 0 Å². The van der Waals surface area contributed by atoms with E-state index in [2.05, 4.69) is 20.4 Å². The van der Waals surface area contributed by atoms with Gasteiger partial charge in [0.1, 0.15) is 18.2 Å². The van der Waals surface area contributed by atoms with Gasteiger partial charge in [-0.15, -0.1) is 0 Å². The number of fused-ring (bicyclic) bond motifs is 1. The zero-order valence-corrected chi connectivity index (χ0v) is 14.7. The monoisotopic (exact) mass is 339 g/mol. The molecule has 0 bridgehead atoms. The lowest BCUT2D eigenvalue weighted by atomic mass is 9.86. The minimum atomic E-state index is -0.545. The van der Waals surface area contributed by atoms with E-state index in [0.29, 0.717) is 11.6 Å². The molecular weight excluding hydrogens is 318 g/mol. The molecular formula is C18H21N5O2. The number of anilines is 1. The Kier molecular flexibility index (Phi) is 4.39. The number of benzene rings is 1. The second-order valence-electron chi connectivity index (χ2n) is 6.83. The summed E-state index contributed by atoms with van der Waals surface area (Å²) in [5, 5.41) is 7.46. The van der Waals surface area contributed by atoms with E-state index < -0.39 is 6.04 Å². The first-order valence-electron chi connectivity index (χ1n) is 8.00. The van der Waals surface area contributed by atoms with Crippen LogP contribution in [0.15, 0.2) is 42.7 Å². The molecule has 0 spiro atoms. The first kappa shape index (κ1) is 16.9. The third kappa shape index (κ3) is 3.45. The fourth-order valence-corrected chi connectivity index (χ4v) is 2.57. The van der Waals surface area contributed by atoms with Gasteiger partial charge in [0, 0.05) is 11.6 Å². The SMILES string of the molecule is COC(=O)[C@H](Nc1cc(-c2ccccc2)nc2ncnn12)C(C)(C)C. The quantitative estimate of drug-likeness (QED) is 0.736. The van der Waals surface area contributed by atoms with Crippen LogP contribution in [0.25, 0.3) is 17.0 Å². The number of hydrogen-bond acceptors (Lipinski definition) is 6. The fourth-order valence-electron chi connectivity index (χ4n) is 2.57. The van der Waals surface area contributed by atoms with Gasteiger partial charge in [-0.2, -0.15) is 14.6 Å². The maximum absolute atomic E-state index is 12.2. The van der Waals surface area contributed by atoms with Gasteiger partial charge in [-0.25, -0.2) is 9.78 Å². The molecule has 0 aliphatic heterocycles. The number of carbonyl (C=O) groups is 1. The summed E-state index contributed by atoms with van der Waals surface area (Å²) < 4.78 is 6.53. The summed E-state index contributed by atoms with van der Waals surface area (Å²) in [6, 6.07) is 11.1. The van der Waals surface area contributed by atoms with Crippen molar-refractivity contribution in [2.75, 3.05) is 12.4 Å². The van der Waals surface area contributed by atoms with Crippen molar-refractivity contribution in [3.05, 3.63) is 42.7 Å². The Labute approximate surface area is 146 Å². The van der Waals surface area contributed by atoms with E-state index >= 15 is 0 Å². The molecule has 7 heteroatoms. The predicted molar refractivity (Wildman–Crippen MR) is 95.1 cm³/mol. The van der Waals surface area contributed by atoms with E-state index in [1.54, 1.807) is 4.52 Å². The zero-order valence-electron chi connectivity index (χ0n) is 14.7. The molecule has 1 aromatic carbocycles. The molecule has 2 heterocycles. The lowest BCUT2D eigenvalue weighted by molar-refractivity contribution is -0.143. The van der Waals surface area contributed by atoms with Gasteiger partial charge in [0.05, 0.1) is 12.8 Å². The number of esters is 1. The van der Waals surface area contributed by atoms with Gasteiger partial charge in [0.2, 0.25) is 0 Å². The number of ether oxygens (including phenoxy) is 1. The Hall–Kier alpha value is -2.96. The van der Waals surface area contributed by atoms with Crippen LogP contribution >= 0.6 is 0 Å². The molecule has 3 rings (SSSR count). The standard InChI is InChI=1S/C18H21N5O2/c1-18(2,3)15(16(24)25-4)22-14-10-13(12-8-6-5-7-9-12)21-17-19-11-20-23(14)17/h5-11,15,22H,1-4H3/t15-/m0/s1. The summed E-state index contributed by atoms with van der Waals surface area (Å²) >= 11 is 0. The van der Waals surface area contributed by atoms with Gasteiger partial charge in [-0.1, -0.05) is 51.1 Å². The van der Waals surface area contributed by atoms with E-state index in [4.69, 9.17) is 4.74 Å². The van der Waals surface area contributed by atoms with Crippen molar-refractivity contribution >= 4 is 17.6 Å². The average Bonchev–Trinajstić information content (AvgIpc) is 3.07. The second kappa shape index (κ2) is 6.51. The van der Waals surface area contributed by atoms with Gasteiger partial charge in [-0.3, -0.25) is 0 Å². The highest BCUT2D eigenvalue weighted by Crippen LogP contribution is 2.26. The van der Waals surface area contributed by atoms with Crippen LogP contribution in [-0.4, -0.2) is 38.7 Å². The van der Waals surface area contributed by atoms with Crippen LogP contribution in [0.3, 0.4) is 0 Å². The lowest BCUT2D eigenvalue weighted by Gasteiger charge is -2.29. The minimum Gasteiger partial charge on any atom is -0.467 e. The van der Waals surface area contributed by atoms with Gasteiger partial charge in [0.25, 0.3) is 5.78 Å². The molecule has 25 heavy (non-hydrogen) atoms. The Balaban J connectivity index is 2.08. The third-order valence-corrected chi connectivity index (χ3v) is 3.92. The van der Waals surface area contributed by atoms with Crippen LogP contribution in [0, 0.1) is 5.41 Å². The Bertz CT molecular complexity index is 883. The topological polar surface area (TPSA) is 81.4 Å². The zero-order chi connectivity index (χ0) is 18.0. The molecule has 0 fully saturated rings. The van der Waals surface area contributed by atoms with E-state index in [9.17, 15) is 4.79 Å². The number of carbonyl (C=O) groups excluding carboxylic acids is 1. The van der Waals surface area contributed by atoms with Crippen LogP contribution < -0.4 is 5.32 Å². The highest BCUT2D eigenvalue weighted by molar-refractivity contribution is 5.80. The lowest BCUT2D eigenvalue weighted by Crippen LogP contribution is -2.42. The summed E-state index contributed by atoms with van der Waals surface area (Å²) in [6.07, 6.45) is 1.44. The summed E-state index contributed by atoms with van der Waals surface area (Å²) in [5.74, 6) is 0.756. The third-order valence-electron chi connectivity index (χ3n) is 3.92. The molecule has 0 aliphatic rings. The van der Waals surface area contributed by atoms with Crippen molar-refractivity contribution in [1.29, 1.82) is 0 Å². The number of nitrogens with zero attached hydrogens (tertiary/aromatic N) is 4. The van der Waals surface area contributed by atoms with E-state index in [0.717, 1.165) is 11.3 Å². The Morgan fingerprint density at radius 2 is 1.96 bits per heavy atom. The summed E-state index contributed by atoms with van der Waals surface area (Å²) in [7, 11) is 1.38. The van der Waals surface area contributed by atoms with Gasteiger partial charge in [0.15, 0.2) is 0 Å². The van der Waals surface area contributed by atoms with E-state index in [1.807, 2.05) is 57.2 Å². The van der Waals surface area contributed by atoms with Crippen molar-refractivity contribution in [2.45, 2.75) is 26.8 Å². The molecule has 0 radical (unpaired) electrons. The molecule has 1 N–H and O–H groups in total. The molecule has 130 valence electrons. The summed E-state index contributed by atoms with van der Waals surface area (Å²) in [5.41, 5.74) is 1.36. The van der Waals surface area contributed by atoms with Crippen molar-refractivity contribution in [1.82, 2.24) is 19.6 Å². The summed E-state index contributed by atoms with van der Waals surface area (Å²) in [6.45, 7) is 5.91. The second-order valence-corrected chi connectivity index (χ2v) is 6.83. The van der Waals surface area contributed by atoms with Crippen LogP contribution in [0.5, 0.6) is 0 Å². The Morgan fingerprint density at radius 3 is 2.60 bits per heavy atom. The van der Waals surface area contributed by atoms with Crippen molar-refractivity contribution < 1.29 is 9.53 Å². The minimum absolute atomic E-state index is 0.334. The van der Waals surface area contributed by atoms with Crippen LogP contribution in [0.1, 0.15) is 20.8 Å². The van der Waals surface area contributed by atoms with Gasteiger partial charge < -0.3 is 10.1 Å². The van der Waals surface area contributed by atoms with E-state index in [-0.39, 0.29) is 11.4 Å². The molecule has 0 amide bonds.